The number of nitrogens with one attached hydrogen (secondary N) is 1. The summed E-state index contributed by atoms with van der Waals surface area (Å²) in [5, 5.41) is 12.5. The van der Waals surface area contributed by atoms with Crippen LogP contribution in [-0.2, 0) is 11.3 Å². The van der Waals surface area contributed by atoms with Crippen LogP contribution >= 0.6 is 0 Å². The molecule has 4 rings (SSSR count). The Kier molecular flexibility index (Phi) is 6.89. The molecule has 3 aliphatic carbocycles. The van der Waals surface area contributed by atoms with E-state index in [1.807, 2.05) is 0 Å². The molecule has 146 valence electrons. The topological polar surface area (TPSA) is 49.3 Å². The lowest BCUT2D eigenvalue weighted by atomic mass is 9.62. The van der Waals surface area contributed by atoms with Gasteiger partial charge in [-0.15, -0.1) is 0 Å². The predicted molar refractivity (Wildman–Crippen MR) is 111 cm³/mol. The van der Waals surface area contributed by atoms with Crippen molar-refractivity contribution in [3.63, 3.8) is 0 Å². The molecule has 2 bridgehead atoms. The van der Waals surface area contributed by atoms with Crippen LogP contribution in [0.25, 0.3) is 0 Å². The number of aliphatic carboxylic acids is 1. The number of rotatable bonds is 9. The Morgan fingerprint density at radius 3 is 2.70 bits per heavy atom. The molecule has 0 unspecified atom stereocenters. The molecule has 3 nitrogen and oxygen atoms in total. The zero-order valence-corrected chi connectivity index (χ0v) is 16.7. The maximum absolute atomic E-state index is 10.7. The number of unbranched alkanes of at least 4 members (excludes halogenated alkanes) is 1. The molecule has 0 heterocycles. The van der Waals surface area contributed by atoms with E-state index in [4.69, 9.17) is 5.11 Å². The zero-order valence-electron chi connectivity index (χ0n) is 16.7. The second-order valence-corrected chi connectivity index (χ2v) is 8.31. The van der Waals surface area contributed by atoms with E-state index in [-0.39, 0.29) is 6.42 Å². The fourth-order valence-electron chi connectivity index (χ4n) is 4.76. The summed E-state index contributed by atoms with van der Waals surface area (Å²) in [6, 6.07) is 6.69. The largest absolute Gasteiger partial charge is 0.481 e. The maximum atomic E-state index is 10.7. The van der Waals surface area contributed by atoms with E-state index in [0.717, 1.165) is 25.9 Å². The van der Waals surface area contributed by atoms with Crippen molar-refractivity contribution in [3.8, 4) is 0 Å². The van der Waals surface area contributed by atoms with Gasteiger partial charge in [0.25, 0.3) is 0 Å². The molecule has 27 heavy (non-hydrogen) atoms. The number of benzene rings is 1. The average Bonchev–Trinajstić information content (AvgIpc) is 2.64. The van der Waals surface area contributed by atoms with Crippen molar-refractivity contribution in [2.75, 3.05) is 6.54 Å². The minimum atomic E-state index is -0.698. The summed E-state index contributed by atoms with van der Waals surface area (Å²) in [4.78, 5) is 10.7. The molecule has 0 aliphatic heterocycles. The quantitative estimate of drug-likeness (QED) is 0.475. The number of hydrogen-bond donors (Lipinski definition) is 2. The van der Waals surface area contributed by atoms with Gasteiger partial charge in [0.1, 0.15) is 0 Å². The van der Waals surface area contributed by atoms with Crippen LogP contribution in [0.1, 0.15) is 48.8 Å². The summed E-state index contributed by atoms with van der Waals surface area (Å²) in [6.07, 6.45) is 13.9. The molecular formula is C24H33NO2. The van der Waals surface area contributed by atoms with E-state index in [0.29, 0.717) is 23.7 Å². The summed E-state index contributed by atoms with van der Waals surface area (Å²) < 4.78 is 0. The number of hydrogen-bond acceptors (Lipinski definition) is 2. The zero-order chi connectivity index (χ0) is 19.2. The molecule has 0 radical (unpaired) electrons. The van der Waals surface area contributed by atoms with Crippen molar-refractivity contribution < 1.29 is 9.90 Å². The third-order valence-electron chi connectivity index (χ3n) is 6.29. The van der Waals surface area contributed by atoms with Crippen LogP contribution in [0.5, 0.6) is 0 Å². The number of carboxylic acid groups (broad SMARTS) is 1. The van der Waals surface area contributed by atoms with E-state index in [1.54, 1.807) is 0 Å². The highest BCUT2D eigenvalue weighted by Crippen LogP contribution is 2.45. The van der Waals surface area contributed by atoms with Crippen molar-refractivity contribution in [1.82, 2.24) is 5.32 Å². The molecule has 2 N–H and O–H groups in total. The van der Waals surface area contributed by atoms with Gasteiger partial charge < -0.3 is 10.4 Å². The molecule has 3 heteroatoms. The highest BCUT2D eigenvalue weighted by atomic mass is 16.4. The molecule has 0 amide bonds. The molecule has 0 spiro atoms. The van der Waals surface area contributed by atoms with Crippen LogP contribution in [0.15, 0.2) is 42.5 Å². The summed E-state index contributed by atoms with van der Waals surface area (Å²) in [5.74, 6) is 1.87. The van der Waals surface area contributed by atoms with Gasteiger partial charge in [0.15, 0.2) is 0 Å². The van der Waals surface area contributed by atoms with Crippen LogP contribution < -0.4 is 5.32 Å². The number of aryl methyl sites for hydroxylation is 2. The van der Waals surface area contributed by atoms with Crippen LogP contribution in [0.4, 0.5) is 0 Å². The van der Waals surface area contributed by atoms with E-state index in [9.17, 15) is 4.79 Å². The van der Waals surface area contributed by atoms with Crippen molar-refractivity contribution in [2.24, 2.45) is 23.7 Å². The molecule has 0 aromatic heterocycles. The van der Waals surface area contributed by atoms with E-state index in [2.05, 4.69) is 61.7 Å². The van der Waals surface area contributed by atoms with Gasteiger partial charge >= 0.3 is 5.97 Å². The van der Waals surface area contributed by atoms with Gasteiger partial charge in [-0.2, -0.15) is 0 Å². The van der Waals surface area contributed by atoms with E-state index >= 15 is 0 Å². The normalized spacial score (nSPS) is 26.7. The minimum Gasteiger partial charge on any atom is -0.481 e. The molecule has 1 fully saturated rings. The Labute approximate surface area is 163 Å². The van der Waals surface area contributed by atoms with Gasteiger partial charge in [0.2, 0.25) is 0 Å². The third-order valence-corrected chi connectivity index (χ3v) is 6.29. The Balaban J connectivity index is 1.55. The lowest BCUT2D eigenvalue weighted by Crippen LogP contribution is -2.41. The third kappa shape index (κ3) is 5.32. The fraction of sp³-hybridized carbons (Fsp3) is 0.542. The fourth-order valence-corrected chi connectivity index (χ4v) is 4.76. The Morgan fingerprint density at radius 2 is 2.00 bits per heavy atom. The first kappa shape index (κ1) is 19.9. The Bertz CT molecular complexity index is 706. The number of fused-ring (bicyclic) bond motifs is 2. The van der Waals surface area contributed by atoms with Crippen LogP contribution in [0, 0.1) is 37.5 Å². The number of carboxylic acids is 1. The van der Waals surface area contributed by atoms with Crippen molar-refractivity contribution >= 4 is 5.97 Å². The first-order valence-electron chi connectivity index (χ1n) is 10.4. The summed E-state index contributed by atoms with van der Waals surface area (Å²) >= 11 is 0. The summed E-state index contributed by atoms with van der Waals surface area (Å²) in [7, 11) is 0. The second kappa shape index (κ2) is 9.36. The second-order valence-electron chi connectivity index (χ2n) is 8.31. The lowest BCUT2D eigenvalue weighted by Gasteiger charge is -2.44. The predicted octanol–water partition coefficient (Wildman–Crippen LogP) is 5.03. The molecule has 1 aromatic rings. The Morgan fingerprint density at radius 1 is 1.22 bits per heavy atom. The average molecular weight is 368 g/mol. The van der Waals surface area contributed by atoms with Crippen molar-refractivity contribution in [3.05, 3.63) is 59.2 Å². The van der Waals surface area contributed by atoms with Gasteiger partial charge in [-0.05, 0) is 80.9 Å². The SMILES string of the molecule is Cc1ccc(CNC[C@@H]2[C@@H](/C=C\CCCC(=O)O)[C@H]3C=C[C@@H]2CC3)c(C)c1. The Hall–Kier alpha value is -1.87. The summed E-state index contributed by atoms with van der Waals surface area (Å²) in [5.41, 5.74) is 4.07. The van der Waals surface area contributed by atoms with Crippen LogP contribution in [-0.4, -0.2) is 17.6 Å². The number of carbonyl (C=O) groups is 1. The van der Waals surface area contributed by atoms with E-state index < -0.39 is 5.97 Å². The van der Waals surface area contributed by atoms with E-state index in [1.165, 1.54) is 29.5 Å². The molecular weight excluding hydrogens is 334 g/mol. The minimum absolute atomic E-state index is 0.266. The lowest BCUT2D eigenvalue weighted by molar-refractivity contribution is -0.137. The number of allylic oxidation sites excluding steroid dienone is 4. The standard InChI is InChI=1S/C24H33NO2/c1-17-8-9-21(18(2)14-17)15-25-16-23-20-12-10-19(11-13-20)22(23)6-4-3-5-7-24(26)27/h4,6,8-10,12,14,19-20,22-23,25H,3,5,7,11,13,15-16H2,1-2H3,(H,26,27)/b6-4-/t19-,20+,22-,23-/m0/s1. The van der Waals surface area contributed by atoms with Gasteiger partial charge in [-0.25, -0.2) is 0 Å². The van der Waals surface area contributed by atoms with Crippen molar-refractivity contribution in [1.29, 1.82) is 0 Å². The van der Waals surface area contributed by atoms with Gasteiger partial charge in [-0.3, -0.25) is 4.79 Å². The van der Waals surface area contributed by atoms with Gasteiger partial charge in [0.05, 0.1) is 0 Å². The highest BCUT2D eigenvalue weighted by molar-refractivity contribution is 5.66. The molecule has 4 atom stereocenters. The van der Waals surface area contributed by atoms with Crippen LogP contribution in [0.2, 0.25) is 0 Å². The highest BCUT2D eigenvalue weighted by Gasteiger charge is 2.38. The molecule has 1 aromatic carbocycles. The van der Waals surface area contributed by atoms with Gasteiger partial charge in [-0.1, -0.05) is 48.1 Å². The van der Waals surface area contributed by atoms with Crippen LogP contribution in [0.3, 0.4) is 0 Å². The molecule has 1 saturated carbocycles. The molecule has 0 saturated heterocycles. The summed E-state index contributed by atoms with van der Waals surface area (Å²) in [6.45, 7) is 6.31. The first-order valence-corrected chi connectivity index (χ1v) is 10.4. The molecule has 3 aliphatic rings. The smallest absolute Gasteiger partial charge is 0.303 e. The van der Waals surface area contributed by atoms with Gasteiger partial charge in [0, 0.05) is 13.0 Å². The maximum Gasteiger partial charge on any atom is 0.303 e. The van der Waals surface area contributed by atoms with Crippen molar-refractivity contribution in [2.45, 2.75) is 52.5 Å². The monoisotopic (exact) mass is 367 g/mol. The first-order chi connectivity index (χ1) is 13.0.